The molecule has 4 aromatic rings. The van der Waals surface area contributed by atoms with E-state index in [1.807, 2.05) is 24.3 Å². The molecule has 46 heavy (non-hydrogen) atoms. The lowest BCUT2D eigenvalue weighted by atomic mass is 9.92. The average Bonchev–Trinajstić information content (AvgIpc) is 3.73. The molecule has 1 amide bonds. The van der Waals surface area contributed by atoms with Crippen molar-refractivity contribution in [1.82, 2.24) is 20.4 Å². The molecule has 11 heteroatoms. The number of carbonyl (C=O) groups excluding carboxylic acids is 1. The second-order valence-electron chi connectivity index (χ2n) is 11.7. The lowest BCUT2D eigenvalue weighted by Crippen LogP contribution is -2.41. The lowest BCUT2D eigenvalue weighted by molar-refractivity contribution is -0.192. The average molecular weight is 631 g/mol. The number of benzene rings is 3. The molecule has 3 aliphatic heterocycles. The van der Waals surface area contributed by atoms with Gasteiger partial charge >= 0.3 is 12.1 Å². The number of likely N-dealkylation sites (tertiary alicyclic amines) is 1. The summed E-state index contributed by atoms with van der Waals surface area (Å²) in [5.74, 6) is -2.70. The summed E-state index contributed by atoms with van der Waals surface area (Å²) in [6, 6.07) is 25.2. The maximum absolute atomic E-state index is 12.6. The summed E-state index contributed by atoms with van der Waals surface area (Å²) in [6.07, 6.45) is 4.35. The summed E-state index contributed by atoms with van der Waals surface area (Å²) < 4.78 is 37.7. The number of aliphatic carboxylic acids is 1. The first-order valence-corrected chi connectivity index (χ1v) is 15.1. The lowest BCUT2D eigenvalue weighted by Gasteiger charge is -2.32. The Morgan fingerprint density at radius 1 is 0.978 bits per heavy atom. The van der Waals surface area contributed by atoms with Crippen molar-refractivity contribution in [3.05, 3.63) is 106 Å². The molecule has 4 heterocycles. The number of amides is 1. The quantitative estimate of drug-likeness (QED) is 0.225. The number of aromatic amines is 1. The Balaban J connectivity index is 0.000000480. The van der Waals surface area contributed by atoms with Gasteiger partial charge in [0.05, 0.1) is 23.4 Å². The number of carboxylic acids is 1. The molecule has 3 fully saturated rings. The topological polar surface area (TPSA) is 108 Å². The minimum atomic E-state index is -5.08. The number of carbonyl (C=O) groups is 2. The Morgan fingerprint density at radius 2 is 1.65 bits per heavy atom. The fourth-order valence-electron chi connectivity index (χ4n) is 6.16. The van der Waals surface area contributed by atoms with E-state index >= 15 is 0 Å². The van der Waals surface area contributed by atoms with Gasteiger partial charge in [0.2, 0.25) is 5.91 Å². The zero-order valence-corrected chi connectivity index (χ0v) is 24.8. The molecule has 0 radical (unpaired) electrons. The third-order valence-corrected chi connectivity index (χ3v) is 8.43. The fraction of sp³-hybridized carbons (Fsp3) is 0.286. The van der Waals surface area contributed by atoms with Crippen molar-refractivity contribution in [1.29, 1.82) is 0 Å². The van der Waals surface area contributed by atoms with Crippen LogP contribution in [0.2, 0.25) is 0 Å². The number of fused-ring (bicyclic) bond motifs is 3. The van der Waals surface area contributed by atoms with E-state index < -0.39 is 12.1 Å². The molecule has 3 saturated heterocycles. The highest BCUT2D eigenvalue weighted by atomic mass is 19.4. The molecule has 1 aromatic heterocycles. The standard InChI is InChI=1S/C33H32N4O2.C2HF3O2/c38-33-29(30(18-34-33)25-4-2-1-3-5-25)16-24-10-14-28-31(35-36-32(28)17-24)15-11-22-6-8-23(9-7-22)19-37-20-26-12-13-27(21-37)39-26;3-2(4,5)1(6)7/h1-11,14-17,26-27,30H,12-13,18-21H2,(H,34,38)(H,35,36);(H,6,7)/b15-11+,29-16+;. The van der Waals surface area contributed by atoms with Gasteiger partial charge in [-0.1, -0.05) is 66.7 Å². The van der Waals surface area contributed by atoms with Crippen LogP contribution in [-0.2, 0) is 20.9 Å². The molecule has 3 N–H and O–H groups in total. The van der Waals surface area contributed by atoms with E-state index in [-0.39, 0.29) is 11.8 Å². The summed E-state index contributed by atoms with van der Waals surface area (Å²) in [7, 11) is 0. The zero-order chi connectivity index (χ0) is 32.3. The molecule has 3 unspecified atom stereocenters. The van der Waals surface area contributed by atoms with Gasteiger partial charge in [-0.2, -0.15) is 18.3 Å². The van der Waals surface area contributed by atoms with Crippen molar-refractivity contribution in [2.45, 2.75) is 43.7 Å². The van der Waals surface area contributed by atoms with Crippen LogP contribution in [0.3, 0.4) is 0 Å². The second kappa shape index (κ2) is 13.3. The molecule has 0 saturated carbocycles. The number of halogens is 3. The van der Waals surface area contributed by atoms with Crippen LogP contribution in [0.4, 0.5) is 13.2 Å². The predicted octanol–water partition coefficient (Wildman–Crippen LogP) is 6.03. The molecule has 8 nitrogen and oxygen atoms in total. The number of hydrogen-bond acceptors (Lipinski definition) is 5. The SMILES string of the molecule is O=C(O)C(F)(F)F.O=C1NCC(c2ccccc2)/C1=C\c1ccc2c(/C=C/c3ccc(CN4CC5CCC(C4)O5)cc3)n[nH]c2c1. The highest BCUT2D eigenvalue weighted by molar-refractivity contribution is 6.02. The molecule has 3 atom stereocenters. The van der Waals surface area contributed by atoms with Crippen LogP contribution in [0.5, 0.6) is 0 Å². The van der Waals surface area contributed by atoms with Gasteiger partial charge in [0.25, 0.3) is 0 Å². The number of carboxylic acid groups (broad SMARTS) is 1. The maximum Gasteiger partial charge on any atom is 0.490 e. The maximum atomic E-state index is 12.6. The van der Waals surface area contributed by atoms with E-state index in [4.69, 9.17) is 14.6 Å². The van der Waals surface area contributed by atoms with Crippen LogP contribution in [-0.4, -0.2) is 70.1 Å². The van der Waals surface area contributed by atoms with Gasteiger partial charge in [0, 0.05) is 43.1 Å². The van der Waals surface area contributed by atoms with Gasteiger partial charge in [0.15, 0.2) is 0 Å². The number of nitrogens with zero attached hydrogens (tertiary/aromatic N) is 2. The second-order valence-corrected chi connectivity index (χ2v) is 11.7. The number of alkyl halides is 3. The third-order valence-electron chi connectivity index (χ3n) is 8.43. The first-order valence-electron chi connectivity index (χ1n) is 15.1. The number of H-pyrrole nitrogens is 1. The van der Waals surface area contributed by atoms with Crippen LogP contribution in [0.25, 0.3) is 29.1 Å². The smallest absolute Gasteiger partial charge is 0.475 e. The molecule has 3 aromatic carbocycles. The Bertz CT molecular complexity index is 1750. The summed E-state index contributed by atoms with van der Waals surface area (Å²) in [5.41, 5.74) is 7.27. The van der Waals surface area contributed by atoms with E-state index in [0.717, 1.165) is 58.5 Å². The number of rotatable bonds is 6. The molecular formula is C35H33F3N4O4. The van der Waals surface area contributed by atoms with Crippen LogP contribution < -0.4 is 5.32 Å². The predicted molar refractivity (Wildman–Crippen MR) is 168 cm³/mol. The summed E-state index contributed by atoms with van der Waals surface area (Å²) in [4.78, 5) is 24.0. The summed E-state index contributed by atoms with van der Waals surface area (Å²) in [6.45, 7) is 3.70. The summed E-state index contributed by atoms with van der Waals surface area (Å²) in [5, 5.41) is 18.9. The molecule has 0 aliphatic carbocycles. The number of morpholine rings is 1. The Labute approximate surface area is 263 Å². The van der Waals surface area contributed by atoms with Crippen molar-refractivity contribution < 1.29 is 32.6 Å². The first kappa shape index (κ1) is 31.3. The fourth-order valence-corrected chi connectivity index (χ4v) is 6.16. The van der Waals surface area contributed by atoms with Crippen LogP contribution in [0, 0.1) is 0 Å². The molecule has 7 rings (SSSR count). The van der Waals surface area contributed by atoms with Crippen LogP contribution in [0.1, 0.15) is 46.7 Å². The first-order chi connectivity index (χ1) is 22.1. The summed E-state index contributed by atoms with van der Waals surface area (Å²) >= 11 is 0. The monoisotopic (exact) mass is 630 g/mol. The van der Waals surface area contributed by atoms with Crippen molar-refractivity contribution in [3.63, 3.8) is 0 Å². The van der Waals surface area contributed by atoms with E-state index in [9.17, 15) is 18.0 Å². The van der Waals surface area contributed by atoms with Gasteiger partial charge in [-0.15, -0.1) is 0 Å². The number of aromatic nitrogens is 2. The number of nitrogens with one attached hydrogen (secondary N) is 2. The molecule has 0 spiro atoms. The van der Waals surface area contributed by atoms with Gasteiger partial charge < -0.3 is 15.2 Å². The van der Waals surface area contributed by atoms with Crippen molar-refractivity contribution in [3.8, 4) is 0 Å². The van der Waals surface area contributed by atoms with Crippen molar-refractivity contribution in [2.24, 2.45) is 0 Å². The van der Waals surface area contributed by atoms with E-state index in [2.05, 4.69) is 87.2 Å². The number of ether oxygens (including phenoxy) is 1. The van der Waals surface area contributed by atoms with Gasteiger partial charge in [-0.3, -0.25) is 14.8 Å². The van der Waals surface area contributed by atoms with Crippen LogP contribution in [0.15, 0.2) is 78.4 Å². The Kier molecular flexibility index (Phi) is 9.05. The minimum Gasteiger partial charge on any atom is -0.475 e. The van der Waals surface area contributed by atoms with Gasteiger partial charge in [0.1, 0.15) is 0 Å². The largest absolute Gasteiger partial charge is 0.490 e. The zero-order valence-electron chi connectivity index (χ0n) is 24.8. The molecule has 3 aliphatic rings. The third kappa shape index (κ3) is 7.38. The molecular weight excluding hydrogens is 597 g/mol. The van der Waals surface area contributed by atoms with E-state index in [1.165, 1.54) is 18.4 Å². The Hall–Kier alpha value is -4.74. The van der Waals surface area contributed by atoms with Crippen LogP contribution >= 0.6 is 0 Å². The molecule has 238 valence electrons. The van der Waals surface area contributed by atoms with Gasteiger partial charge in [-0.05, 0) is 59.4 Å². The Morgan fingerprint density at radius 3 is 2.33 bits per heavy atom. The van der Waals surface area contributed by atoms with Gasteiger partial charge in [-0.25, -0.2) is 4.79 Å². The molecule has 2 bridgehead atoms. The van der Waals surface area contributed by atoms with Crippen molar-refractivity contribution in [2.75, 3.05) is 19.6 Å². The minimum absolute atomic E-state index is 0.000236. The van der Waals surface area contributed by atoms with E-state index in [1.54, 1.807) is 0 Å². The van der Waals surface area contributed by atoms with Crippen molar-refractivity contribution >= 4 is 41.0 Å². The highest BCUT2D eigenvalue weighted by Gasteiger charge is 2.38. The highest BCUT2D eigenvalue weighted by Crippen LogP contribution is 2.31. The van der Waals surface area contributed by atoms with E-state index in [0.29, 0.717) is 18.8 Å². The number of hydrogen-bond donors (Lipinski definition) is 3. The normalized spacial score (nSPS) is 22.3.